The van der Waals surface area contributed by atoms with Crippen molar-refractivity contribution in [2.45, 2.75) is 19.4 Å². The topological polar surface area (TPSA) is 19.1 Å². The smallest absolute Gasteiger partial charge is 0.0716 e. The summed E-state index contributed by atoms with van der Waals surface area (Å²) in [6.45, 7) is 5.20. The number of aryl methyl sites for hydroxylation is 1. The molecule has 0 fully saturated rings. The minimum atomic E-state index is 0.636. The van der Waals surface area contributed by atoms with Gasteiger partial charge in [0.05, 0.1) is 28.7 Å². The molecule has 3 heteroatoms. The Morgan fingerprint density at radius 2 is 0.941 bits per heavy atom. The monoisotopic (exact) mass is 658 g/mol. The van der Waals surface area contributed by atoms with Gasteiger partial charge < -0.3 is 13.9 Å². The lowest BCUT2D eigenvalue weighted by Crippen LogP contribution is -1.98. The number of aromatic nitrogens is 2. The first-order valence-electron chi connectivity index (χ1n) is 17.8. The third kappa shape index (κ3) is 5.72. The zero-order valence-electron chi connectivity index (χ0n) is 28.5. The molecule has 0 unspecified atom stereocenters. The lowest BCUT2D eigenvalue weighted by molar-refractivity contribution is 0.118. The number of fused-ring (bicyclic) bond motifs is 6. The fourth-order valence-corrected chi connectivity index (χ4v) is 7.58. The third-order valence-corrected chi connectivity index (χ3v) is 10.1. The van der Waals surface area contributed by atoms with Gasteiger partial charge in [0.2, 0.25) is 0 Å². The molecule has 9 rings (SSSR count). The number of hydrogen-bond acceptors (Lipinski definition) is 1. The first-order chi connectivity index (χ1) is 25.2. The highest BCUT2D eigenvalue weighted by molar-refractivity contribution is 6.10. The van der Waals surface area contributed by atoms with Crippen molar-refractivity contribution in [3.8, 4) is 22.5 Å². The van der Waals surface area contributed by atoms with Crippen LogP contribution in [0.4, 0.5) is 0 Å². The molecule has 2 heterocycles. The van der Waals surface area contributed by atoms with Gasteiger partial charge in [-0.1, -0.05) is 122 Å². The van der Waals surface area contributed by atoms with Crippen molar-refractivity contribution in [3.05, 3.63) is 187 Å². The first kappa shape index (κ1) is 30.9. The van der Waals surface area contributed by atoms with E-state index < -0.39 is 0 Å². The molecule has 0 radical (unpaired) electrons. The van der Waals surface area contributed by atoms with Crippen LogP contribution in [-0.2, 0) is 17.8 Å². The van der Waals surface area contributed by atoms with Gasteiger partial charge in [0.1, 0.15) is 0 Å². The number of benzene rings is 7. The number of rotatable bonds is 10. The van der Waals surface area contributed by atoms with Gasteiger partial charge in [0.25, 0.3) is 0 Å². The van der Waals surface area contributed by atoms with Crippen LogP contribution in [0, 0.1) is 0 Å². The predicted octanol–water partition coefficient (Wildman–Crippen LogP) is 12.3. The van der Waals surface area contributed by atoms with E-state index in [4.69, 9.17) is 4.74 Å². The van der Waals surface area contributed by atoms with Gasteiger partial charge in [-0.3, -0.25) is 0 Å². The van der Waals surface area contributed by atoms with Gasteiger partial charge in [-0.2, -0.15) is 0 Å². The lowest BCUT2D eigenvalue weighted by Gasteiger charge is -2.11. The quantitative estimate of drug-likeness (QED) is 0.134. The lowest BCUT2D eigenvalue weighted by atomic mass is 10.0. The van der Waals surface area contributed by atoms with E-state index in [-0.39, 0.29) is 0 Å². The van der Waals surface area contributed by atoms with Gasteiger partial charge in [0, 0.05) is 39.5 Å². The summed E-state index contributed by atoms with van der Waals surface area (Å²) in [5.41, 5.74) is 13.3. The van der Waals surface area contributed by atoms with Crippen LogP contribution in [-0.4, -0.2) is 15.7 Å². The molecule has 51 heavy (non-hydrogen) atoms. The van der Waals surface area contributed by atoms with Crippen LogP contribution in [0.2, 0.25) is 0 Å². The average Bonchev–Trinajstić information content (AvgIpc) is 3.71. The molecular weight excluding hydrogens is 621 g/mol. The molecule has 0 saturated carbocycles. The summed E-state index contributed by atoms with van der Waals surface area (Å²) in [5, 5.41) is 5.12. The predicted molar refractivity (Wildman–Crippen MR) is 215 cm³/mol. The molecular formula is C48H38N2O. The summed E-state index contributed by atoms with van der Waals surface area (Å²) >= 11 is 0. The molecule has 0 bridgehead atoms. The Kier molecular flexibility index (Phi) is 8.04. The van der Waals surface area contributed by atoms with Crippen LogP contribution in [0.3, 0.4) is 0 Å². The van der Waals surface area contributed by atoms with E-state index in [1.165, 1.54) is 71.6 Å². The van der Waals surface area contributed by atoms with Crippen LogP contribution < -0.4 is 0 Å². The van der Waals surface area contributed by atoms with Crippen molar-refractivity contribution in [1.82, 2.24) is 9.13 Å². The zero-order valence-corrected chi connectivity index (χ0v) is 28.5. The maximum atomic E-state index is 6.00. The van der Waals surface area contributed by atoms with Gasteiger partial charge >= 0.3 is 0 Å². The first-order valence-corrected chi connectivity index (χ1v) is 17.8. The van der Waals surface area contributed by atoms with Crippen molar-refractivity contribution < 1.29 is 4.74 Å². The van der Waals surface area contributed by atoms with E-state index in [1.54, 1.807) is 0 Å². The molecule has 3 nitrogen and oxygen atoms in total. The second-order valence-corrected chi connectivity index (χ2v) is 13.3. The zero-order chi connectivity index (χ0) is 34.1. The Balaban J connectivity index is 0.948. The molecule has 0 aliphatic heterocycles. The Morgan fingerprint density at radius 1 is 0.471 bits per heavy atom. The SMILES string of the molecule is C=Cc1ccc(COCCCc2ccc3c(c2)c2ccccc2n3-c2ccc(-c3ccc(-n4c5ccccc5c5ccccc54)cc3)cc2)cc1. The van der Waals surface area contributed by atoms with Crippen molar-refractivity contribution in [2.75, 3.05) is 6.61 Å². The van der Waals surface area contributed by atoms with Crippen molar-refractivity contribution in [2.24, 2.45) is 0 Å². The van der Waals surface area contributed by atoms with E-state index in [1.807, 2.05) is 6.08 Å². The van der Waals surface area contributed by atoms with Gasteiger partial charge in [-0.15, -0.1) is 0 Å². The summed E-state index contributed by atoms with van der Waals surface area (Å²) in [7, 11) is 0. The number of ether oxygens (including phenoxy) is 1. The summed E-state index contributed by atoms with van der Waals surface area (Å²) in [6, 6.07) is 59.3. The Labute approximate surface area is 298 Å². The van der Waals surface area contributed by atoms with E-state index >= 15 is 0 Å². The van der Waals surface area contributed by atoms with Crippen molar-refractivity contribution in [1.29, 1.82) is 0 Å². The molecule has 0 spiro atoms. The summed E-state index contributed by atoms with van der Waals surface area (Å²) in [4.78, 5) is 0. The molecule has 0 atom stereocenters. The van der Waals surface area contributed by atoms with Crippen LogP contribution in [0.1, 0.15) is 23.1 Å². The molecule has 7 aromatic carbocycles. The number of para-hydroxylation sites is 3. The van der Waals surface area contributed by atoms with E-state index in [9.17, 15) is 0 Å². The second-order valence-electron chi connectivity index (χ2n) is 13.3. The summed E-state index contributed by atoms with van der Waals surface area (Å²) in [5.74, 6) is 0. The molecule has 0 aliphatic carbocycles. The second kappa shape index (κ2) is 13.3. The molecule has 2 aromatic heterocycles. The third-order valence-electron chi connectivity index (χ3n) is 10.1. The van der Waals surface area contributed by atoms with Crippen LogP contribution >= 0.6 is 0 Å². The summed E-state index contributed by atoms with van der Waals surface area (Å²) < 4.78 is 10.8. The van der Waals surface area contributed by atoms with Crippen LogP contribution in [0.5, 0.6) is 0 Å². The highest BCUT2D eigenvalue weighted by atomic mass is 16.5. The normalized spacial score (nSPS) is 11.6. The van der Waals surface area contributed by atoms with Crippen LogP contribution in [0.25, 0.3) is 72.2 Å². The Hall–Kier alpha value is -6.16. The Morgan fingerprint density at radius 3 is 1.47 bits per heavy atom. The number of nitrogens with zero attached hydrogens (tertiary/aromatic N) is 2. The summed E-state index contributed by atoms with van der Waals surface area (Å²) in [6.07, 6.45) is 3.83. The fourth-order valence-electron chi connectivity index (χ4n) is 7.58. The molecule has 246 valence electrons. The van der Waals surface area contributed by atoms with E-state index in [0.29, 0.717) is 6.61 Å². The highest BCUT2D eigenvalue weighted by Gasteiger charge is 2.14. The molecule has 0 amide bonds. The minimum absolute atomic E-state index is 0.636. The molecule has 0 aliphatic rings. The Bertz CT molecular complexity index is 2600. The van der Waals surface area contributed by atoms with Crippen molar-refractivity contribution >= 4 is 49.7 Å². The largest absolute Gasteiger partial charge is 0.377 e. The van der Waals surface area contributed by atoms with Gasteiger partial charge in [-0.05, 0) is 95.3 Å². The standard InChI is InChI=1S/C48H38N2O/c1-2-34-17-19-36(20-18-34)33-51-31-9-10-35-21-30-48-44(32-35)43-13-5-8-16-47(43)50(48)40-28-24-38(25-29-40)37-22-26-39(27-23-37)49-45-14-6-3-11-41(45)42-12-4-7-15-46(42)49/h2-8,11-30,32H,1,9-10,31,33H2. The highest BCUT2D eigenvalue weighted by Crippen LogP contribution is 2.35. The van der Waals surface area contributed by atoms with E-state index in [2.05, 4.69) is 180 Å². The number of hydrogen-bond donors (Lipinski definition) is 0. The maximum Gasteiger partial charge on any atom is 0.0716 e. The van der Waals surface area contributed by atoms with E-state index in [0.717, 1.165) is 30.7 Å². The van der Waals surface area contributed by atoms with Gasteiger partial charge in [-0.25, -0.2) is 0 Å². The van der Waals surface area contributed by atoms with Gasteiger partial charge in [0.15, 0.2) is 0 Å². The minimum Gasteiger partial charge on any atom is -0.377 e. The average molecular weight is 659 g/mol. The maximum absolute atomic E-state index is 6.00. The van der Waals surface area contributed by atoms with Crippen molar-refractivity contribution in [3.63, 3.8) is 0 Å². The molecule has 9 aromatic rings. The molecule has 0 N–H and O–H groups in total. The molecule has 0 saturated heterocycles. The van der Waals surface area contributed by atoms with Crippen LogP contribution in [0.15, 0.2) is 170 Å². The fraction of sp³-hybridized carbons (Fsp3) is 0.0833.